The Morgan fingerprint density at radius 1 is 1.29 bits per heavy atom. The Labute approximate surface area is 124 Å². The van der Waals surface area contributed by atoms with Gasteiger partial charge in [-0.2, -0.15) is 5.10 Å². The van der Waals surface area contributed by atoms with Crippen LogP contribution in [0.1, 0.15) is 10.4 Å². The molecule has 21 heavy (non-hydrogen) atoms. The first-order valence-electron chi connectivity index (χ1n) is 5.95. The van der Waals surface area contributed by atoms with E-state index in [1.165, 1.54) is 41.6 Å². The third-order valence-corrected chi connectivity index (χ3v) is 3.15. The van der Waals surface area contributed by atoms with E-state index in [9.17, 15) is 9.18 Å². The fourth-order valence-corrected chi connectivity index (χ4v) is 1.97. The van der Waals surface area contributed by atoms with Gasteiger partial charge in [0.2, 0.25) is 0 Å². The third kappa shape index (κ3) is 2.53. The Hall–Kier alpha value is -2.60. The van der Waals surface area contributed by atoms with Crippen LogP contribution in [-0.4, -0.2) is 26.0 Å². The highest BCUT2D eigenvalue weighted by atomic mass is 35.5. The Bertz CT molecular complexity index is 804. The van der Waals surface area contributed by atoms with Crippen LogP contribution in [0, 0.1) is 5.82 Å². The summed E-state index contributed by atoms with van der Waals surface area (Å²) in [5.41, 5.74) is 1.64. The summed E-state index contributed by atoms with van der Waals surface area (Å²) < 4.78 is 14.9. The highest BCUT2D eigenvalue weighted by Crippen LogP contribution is 2.22. The second-order valence-electron chi connectivity index (χ2n) is 4.18. The quantitative estimate of drug-likeness (QED) is 0.698. The van der Waals surface area contributed by atoms with E-state index in [4.69, 9.17) is 11.6 Å². The first-order valence-corrected chi connectivity index (χ1v) is 6.33. The zero-order chi connectivity index (χ0) is 14.8. The van der Waals surface area contributed by atoms with Gasteiger partial charge in [0.25, 0.3) is 0 Å². The number of carbonyl (C=O) groups excluding carboxylic acids is 1. The number of hydrogen-bond acceptors (Lipinski definition) is 4. The number of rotatable bonds is 3. The molecule has 0 saturated carbocycles. The molecule has 0 unspecified atom stereocenters. The molecule has 0 saturated heterocycles. The van der Waals surface area contributed by atoms with E-state index in [1.807, 2.05) is 0 Å². The van der Waals surface area contributed by atoms with Gasteiger partial charge in [0, 0.05) is 24.7 Å². The van der Waals surface area contributed by atoms with Gasteiger partial charge in [-0.25, -0.2) is 9.07 Å². The van der Waals surface area contributed by atoms with Gasteiger partial charge in [-0.1, -0.05) is 11.6 Å². The lowest BCUT2D eigenvalue weighted by molar-refractivity contribution is 0.112. The number of hydrogen-bond donors (Lipinski definition) is 0. The number of aldehydes is 1. The molecule has 0 aliphatic carbocycles. The predicted molar refractivity (Wildman–Crippen MR) is 74.9 cm³/mol. The summed E-state index contributed by atoms with van der Waals surface area (Å²) in [5.74, 6) is -0.557. The van der Waals surface area contributed by atoms with Crippen LogP contribution in [0.4, 0.5) is 4.39 Å². The van der Waals surface area contributed by atoms with Crippen LogP contribution >= 0.6 is 11.6 Å². The van der Waals surface area contributed by atoms with Gasteiger partial charge in [-0.3, -0.25) is 14.8 Å². The van der Waals surface area contributed by atoms with E-state index in [2.05, 4.69) is 15.1 Å². The van der Waals surface area contributed by atoms with Crippen molar-refractivity contribution in [3.8, 4) is 17.1 Å². The molecule has 2 aromatic heterocycles. The molecular formula is C14H8ClFN4O. The topological polar surface area (TPSA) is 60.7 Å². The summed E-state index contributed by atoms with van der Waals surface area (Å²) in [6.45, 7) is 0. The molecule has 0 fully saturated rings. The van der Waals surface area contributed by atoms with Crippen molar-refractivity contribution in [3.05, 3.63) is 59.4 Å². The van der Waals surface area contributed by atoms with Crippen molar-refractivity contribution in [3.63, 3.8) is 0 Å². The molecule has 0 aliphatic heterocycles. The van der Waals surface area contributed by atoms with E-state index in [-0.39, 0.29) is 5.02 Å². The Kier molecular flexibility index (Phi) is 3.45. The van der Waals surface area contributed by atoms with Gasteiger partial charge in [-0.05, 0) is 12.1 Å². The van der Waals surface area contributed by atoms with Crippen molar-refractivity contribution < 1.29 is 9.18 Å². The zero-order valence-corrected chi connectivity index (χ0v) is 11.3. The summed E-state index contributed by atoms with van der Waals surface area (Å²) in [6.07, 6.45) is 6.70. The van der Waals surface area contributed by atoms with Crippen molar-refractivity contribution in [1.82, 2.24) is 19.7 Å². The Balaban J connectivity index is 2.11. The summed E-state index contributed by atoms with van der Waals surface area (Å²) in [5, 5.41) is 4.29. The molecule has 0 spiro atoms. The molecule has 7 heteroatoms. The third-order valence-electron chi connectivity index (χ3n) is 2.84. The molecule has 0 N–H and O–H groups in total. The minimum Gasteiger partial charge on any atom is -0.298 e. The van der Waals surface area contributed by atoms with Gasteiger partial charge in [0.1, 0.15) is 17.2 Å². The van der Waals surface area contributed by atoms with Crippen LogP contribution < -0.4 is 0 Å². The molecule has 3 rings (SSSR count). The fourth-order valence-electron chi connectivity index (χ4n) is 1.85. The second-order valence-corrected chi connectivity index (χ2v) is 4.59. The monoisotopic (exact) mass is 302 g/mol. The highest BCUT2D eigenvalue weighted by Gasteiger charge is 2.13. The van der Waals surface area contributed by atoms with Crippen LogP contribution in [0.25, 0.3) is 17.1 Å². The van der Waals surface area contributed by atoms with Crippen LogP contribution in [0.3, 0.4) is 0 Å². The lowest BCUT2D eigenvalue weighted by Gasteiger charge is -2.02. The fraction of sp³-hybridized carbons (Fsp3) is 0. The van der Waals surface area contributed by atoms with Crippen molar-refractivity contribution >= 4 is 17.9 Å². The standard InChI is InChI=1S/C14H8ClFN4O/c15-11-2-1-10(5-12(11)16)20-7-9(8-21)14(19-20)13-6-17-3-4-18-13/h1-8H. The number of carbonyl (C=O) groups is 1. The Morgan fingerprint density at radius 3 is 2.81 bits per heavy atom. The highest BCUT2D eigenvalue weighted by molar-refractivity contribution is 6.30. The van der Waals surface area contributed by atoms with Crippen molar-refractivity contribution in [2.45, 2.75) is 0 Å². The van der Waals surface area contributed by atoms with Gasteiger partial charge >= 0.3 is 0 Å². The molecular weight excluding hydrogens is 295 g/mol. The number of aromatic nitrogens is 4. The van der Waals surface area contributed by atoms with Crippen molar-refractivity contribution in [1.29, 1.82) is 0 Å². The zero-order valence-electron chi connectivity index (χ0n) is 10.6. The van der Waals surface area contributed by atoms with Gasteiger partial charge in [0.15, 0.2) is 6.29 Å². The summed E-state index contributed by atoms with van der Waals surface area (Å²) in [6, 6.07) is 4.27. The van der Waals surface area contributed by atoms with E-state index < -0.39 is 5.82 Å². The maximum absolute atomic E-state index is 13.5. The average molecular weight is 303 g/mol. The van der Waals surface area contributed by atoms with Crippen LogP contribution in [0.2, 0.25) is 5.02 Å². The van der Waals surface area contributed by atoms with Crippen LogP contribution in [-0.2, 0) is 0 Å². The SMILES string of the molecule is O=Cc1cn(-c2ccc(Cl)c(F)c2)nc1-c1cnccn1. The lowest BCUT2D eigenvalue weighted by atomic mass is 10.2. The molecule has 0 radical (unpaired) electrons. The van der Waals surface area contributed by atoms with Gasteiger partial charge < -0.3 is 0 Å². The molecule has 0 amide bonds. The maximum Gasteiger partial charge on any atom is 0.153 e. The molecule has 1 aromatic carbocycles. The van der Waals surface area contributed by atoms with Crippen molar-refractivity contribution in [2.75, 3.05) is 0 Å². The first-order chi connectivity index (χ1) is 10.2. The molecule has 104 valence electrons. The smallest absolute Gasteiger partial charge is 0.153 e. The first kappa shape index (κ1) is 13.4. The minimum absolute atomic E-state index is 0.0238. The van der Waals surface area contributed by atoms with Gasteiger partial charge in [0.05, 0.1) is 22.5 Å². The lowest BCUT2D eigenvalue weighted by Crippen LogP contribution is -1.96. The van der Waals surface area contributed by atoms with E-state index in [0.29, 0.717) is 28.9 Å². The second kappa shape index (κ2) is 5.41. The van der Waals surface area contributed by atoms with E-state index >= 15 is 0 Å². The summed E-state index contributed by atoms with van der Waals surface area (Å²) in [7, 11) is 0. The van der Waals surface area contributed by atoms with Crippen LogP contribution in [0.15, 0.2) is 43.0 Å². The van der Waals surface area contributed by atoms with E-state index in [0.717, 1.165) is 0 Å². The van der Waals surface area contributed by atoms with Crippen LogP contribution in [0.5, 0.6) is 0 Å². The molecule has 0 aliphatic rings. The average Bonchev–Trinajstić information content (AvgIpc) is 2.95. The Morgan fingerprint density at radius 2 is 2.14 bits per heavy atom. The minimum atomic E-state index is -0.557. The normalized spacial score (nSPS) is 10.6. The number of halogens is 2. The molecule has 0 bridgehead atoms. The largest absolute Gasteiger partial charge is 0.298 e. The predicted octanol–water partition coefficient (Wildman–Crippen LogP) is 2.93. The van der Waals surface area contributed by atoms with Gasteiger partial charge in [-0.15, -0.1) is 0 Å². The maximum atomic E-state index is 13.5. The summed E-state index contributed by atoms with van der Waals surface area (Å²) >= 11 is 5.65. The van der Waals surface area contributed by atoms with Crippen molar-refractivity contribution in [2.24, 2.45) is 0 Å². The summed E-state index contributed by atoms with van der Waals surface area (Å²) in [4.78, 5) is 19.2. The molecule has 2 heterocycles. The molecule has 5 nitrogen and oxygen atoms in total. The molecule has 3 aromatic rings. The number of benzene rings is 1. The number of nitrogens with zero attached hydrogens (tertiary/aromatic N) is 4. The van der Waals surface area contributed by atoms with E-state index in [1.54, 1.807) is 6.07 Å². The molecule has 0 atom stereocenters.